The van der Waals surface area contributed by atoms with Gasteiger partial charge in [0.2, 0.25) is 0 Å². The van der Waals surface area contributed by atoms with Crippen LogP contribution < -0.4 is 4.90 Å². The van der Waals surface area contributed by atoms with Crippen molar-refractivity contribution >= 4 is 29.2 Å². The second kappa shape index (κ2) is 6.84. The van der Waals surface area contributed by atoms with Crippen molar-refractivity contribution < 1.29 is 0 Å². The highest BCUT2D eigenvalue weighted by atomic mass is 35.5. The number of anilines is 1. The molecule has 0 aromatic heterocycles. The molecule has 2 aromatic carbocycles. The first kappa shape index (κ1) is 18.0. The van der Waals surface area contributed by atoms with Crippen molar-refractivity contribution in [2.45, 2.75) is 52.5 Å². The van der Waals surface area contributed by atoms with Gasteiger partial charge in [-0.1, -0.05) is 36.7 Å². The molecule has 0 amide bonds. The normalized spacial score (nSPS) is 19.3. The van der Waals surface area contributed by atoms with E-state index in [0.717, 1.165) is 29.2 Å². The fourth-order valence-electron chi connectivity index (χ4n) is 4.07. The van der Waals surface area contributed by atoms with Crippen LogP contribution in [0.2, 0.25) is 5.02 Å². The van der Waals surface area contributed by atoms with E-state index >= 15 is 0 Å². The lowest BCUT2D eigenvalue weighted by Gasteiger charge is -2.47. The summed E-state index contributed by atoms with van der Waals surface area (Å²) in [5, 5.41) is 0.763. The van der Waals surface area contributed by atoms with Crippen molar-refractivity contribution in [2.24, 2.45) is 4.99 Å². The molecule has 0 fully saturated rings. The molecule has 25 heavy (non-hydrogen) atoms. The van der Waals surface area contributed by atoms with E-state index in [1.807, 2.05) is 24.4 Å². The first-order valence-electron chi connectivity index (χ1n) is 9.04. The number of aryl methyl sites for hydroxylation is 1. The Balaban J connectivity index is 2.02. The molecule has 0 N–H and O–H groups in total. The van der Waals surface area contributed by atoms with Gasteiger partial charge in [0, 0.05) is 29.5 Å². The van der Waals surface area contributed by atoms with Crippen molar-refractivity contribution in [1.82, 2.24) is 0 Å². The standard InChI is InChI=1S/C22H27ClN2/c1-6-25-21-12-19(23)17(11-18(21)16(3)13-22(25,4)5)14-24-20-10-8-7-9-15(20)2/h7-12,14,16H,6,13H2,1-5H3. The average Bonchev–Trinajstić information content (AvgIpc) is 2.54. The van der Waals surface area contributed by atoms with Crippen molar-refractivity contribution in [3.05, 3.63) is 58.1 Å². The van der Waals surface area contributed by atoms with Crippen molar-refractivity contribution in [1.29, 1.82) is 0 Å². The van der Waals surface area contributed by atoms with Gasteiger partial charge in [0.05, 0.1) is 10.7 Å². The fraction of sp³-hybridized carbons (Fsp3) is 0.409. The largest absolute Gasteiger partial charge is 0.366 e. The molecule has 3 heteroatoms. The molecule has 132 valence electrons. The third kappa shape index (κ3) is 3.46. The van der Waals surface area contributed by atoms with E-state index < -0.39 is 0 Å². The number of fused-ring (bicyclic) bond motifs is 1. The van der Waals surface area contributed by atoms with Crippen LogP contribution in [-0.4, -0.2) is 18.3 Å². The van der Waals surface area contributed by atoms with Gasteiger partial charge in [0.25, 0.3) is 0 Å². The summed E-state index contributed by atoms with van der Waals surface area (Å²) in [6, 6.07) is 12.5. The lowest BCUT2D eigenvalue weighted by Crippen LogP contribution is -2.48. The summed E-state index contributed by atoms with van der Waals surface area (Å²) in [5.41, 5.74) is 5.94. The van der Waals surface area contributed by atoms with Gasteiger partial charge in [-0.15, -0.1) is 0 Å². The molecule has 1 atom stereocenters. The van der Waals surface area contributed by atoms with E-state index in [-0.39, 0.29) is 5.54 Å². The summed E-state index contributed by atoms with van der Waals surface area (Å²) >= 11 is 6.61. The highest BCUT2D eigenvalue weighted by molar-refractivity contribution is 6.33. The summed E-state index contributed by atoms with van der Waals surface area (Å²) < 4.78 is 0. The van der Waals surface area contributed by atoms with Crippen LogP contribution in [0.3, 0.4) is 0 Å². The van der Waals surface area contributed by atoms with E-state index in [1.165, 1.54) is 16.8 Å². The third-order valence-electron chi connectivity index (χ3n) is 5.28. The van der Waals surface area contributed by atoms with Gasteiger partial charge in [-0.05, 0) is 69.4 Å². The van der Waals surface area contributed by atoms with Crippen LogP contribution in [-0.2, 0) is 0 Å². The topological polar surface area (TPSA) is 15.6 Å². The lowest BCUT2D eigenvalue weighted by molar-refractivity contribution is 0.381. The minimum absolute atomic E-state index is 0.154. The van der Waals surface area contributed by atoms with Crippen LogP contribution in [0.15, 0.2) is 41.4 Å². The molecular weight excluding hydrogens is 328 g/mol. The molecule has 0 saturated heterocycles. The Kier molecular flexibility index (Phi) is 4.92. The maximum atomic E-state index is 6.61. The van der Waals surface area contributed by atoms with Crippen LogP contribution in [0.1, 0.15) is 56.7 Å². The van der Waals surface area contributed by atoms with Gasteiger partial charge >= 0.3 is 0 Å². The number of rotatable bonds is 3. The molecule has 2 aromatic rings. The van der Waals surface area contributed by atoms with Crippen molar-refractivity contribution in [2.75, 3.05) is 11.4 Å². The Bertz CT molecular complexity index is 808. The van der Waals surface area contributed by atoms with Crippen LogP contribution in [0.5, 0.6) is 0 Å². The van der Waals surface area contributed by atoms with Gasteiger partial charge < -0.3 is 4.90 Å². The highest BCUT2D eigenvalue weighted by Gasteiger charge is 2.35. The number of halogens is 1. The first-order chi connectivity index (χ1) is 11.8. The molecule has 0 radical (unpaired) electrons. The smallest absolute Gasteiger partial charge is 0.0659 e. The highest BCUT2D eigenvalue weighted by Crippen LogP contribution is 2.44. The average molecular weight is 355 g/mol. The third-order valence-corrected chi connectivity index (χ3v) is 5.61. The number of aliphatic imine (C=N–C) groups is 1. The molecule has 1 heterocycles. The van der Waals surface area contributed by atoms with Gasteiger partial charge in [-0.25, -0.2) is 0 Å². The Morgan fingerprint density at radius 3 is 2.68 bits per heavy atom. The molecule has 1 aliphatic heterocycles. The van der Waals surface area contributed by atoms with E-state index in [1.54, 1.807) is 0 Å². The lowest BCUT2D eigenvalue weighted by atomic mass is 9.79. The Labute approximate surface area is 156 Å². The molecule has 3 rings (SSSR count). The summed E-state index contributed by atoms with van der Waals surface area (Å²) in [6.07, 6.45) is 3.04. The Morgan fingerprint density at radius 2 is 2.00 bits per heavy atom. The van der Waals surface area contributed by atoms with Gasteiger partial charge in [0.15, 0.2) is 0 Å². The zero-order chi connectivity index (χ0) is 18.2. The minimum atomic E-state index is 0.154. The number of nitrogens with zero attached hydrogens (tertiary/aromatic N) is 2. The molecular formula is C22H27ClN2. The van der Waals surface area contributed by atoms with E-state index in [0.29, 0.717) is 5.92 Å². The van der Waals surface area contributed by atoms with Crippen LogP contribution in [0.25, 0.3) is 0 Å². The van der Waals surface area contributed by atoms with Crippen molar-refractivity contribution in [3.63, 3.8) is 0 Å². The second-order valence-electron chi connectivity index (χ2n) is 7.64. The van der Waals surface area contributed by atoms with E-state index in [4.69, 9.17) is 11.6 Å². The molecule has 0 aliphatic carbocycles. The summed E-state index contributed by atoms with van der Waals surface area (Å²) in [6.45, 7) is 12.2. The van der Waals surface area contributed by atoms with E-state index in [2.05, 4.69) is 62.7 Å². The molecule has 2 nitrogen and oxygen atoms in total. The monoisotopic (exact) mass is 354 g/mol. The quantitative estimate of drug-likeness (QED) is 0.573. The summed E-state index contributed by atoms with van der Waals surface area (Å²) in [7, 11) is 0. The number of hydrogen-bond acceptors (Lipinski definition) is 2. The summed E-state index contributed by atoms with van der Waals surface area (Å²) in [4.78, 5) is 7.12. The number of benzene rings is 2. The van der Waals surface area contributed by atoms with Gasteiger partial charge in [-0.3, -0.25) is 4.99 Å². The van der Waals surface area contributed by atoms with Crippen LogP contribution in [0, 0.1) is 6.92 Å². The first-order valence-corrected chi connectivity index (χ1v) is 9.42. The second-order valence-corrected chi connectivity index (χ2v) is 8.05. The Hall–Kier alpha value is -1.80. The van der Waals surface area contributed by atoms with E-state index in [9.17, 15) is 0 Å². The molecule has 0 bridgehead atoms. The van der Waals surface area contributed by atoms with Gasteiger partial charge in [-0.2, -0.15) is 0 Å². The SMILES string of the molecule is CCN1c2cc(Cl)c(C=Nc3ccccc3C)cc2C(C)CC1(C)C. The Morgan fingerprint density at radius 1 is 1.28 bits per heavy atom. The maximum Gasteiger partial charge on any atom is 0.0659 e. The van der Waals surface area contributed by atoms with Crippen LogP contribution in [0.4, 0.5) is 11.4 Å². The molecule has 1 aliphatic rings. The fourth-order valence-corrected chi connectivity index (χ4v) is 4.27. The zero-order valence-corrected chi connectivity index (χ0v) is 16.6. The van der Waals surface area contributed by atoms with Crippen molar-refractivity contribution in [3.8, 4) is 0 Å². The number of hydrogen-bond donors (Lipinski definition) is 0. The number of para-hydroxylation sites is 1. The van der Waals surface area contributed by atoms with Gasteiger partial charge in [0.1, 0.15) is 0 Å². The molecule has 1 unspecified atom stereocenters. The molecule has 0 spiro atoms. The minimum Gasteiger partial charge on any atom is -0.366 e. The molecule has 0 saturated carbocycles. The maximum absolute atomic E-state index is 6.61. The zero-order valence-electron chi connectivity index (χ0n) is 15.8. The summed E-state index contributed by atoms with van der Waals surface area (Å²) in [5.74, 6) is 0.510. The predicted molar refractivity (Wildman–Crippen MR) is 110 cm³/mol. The predicted octanol–water partition coefficient (Wildman–Crippen LogP) is 6.51. The van der Waals surface area contributed by atoms with Crippen LogP contribution >= 0.6 is 11.6 Å².